The van der Waals surface area contributed by atoms with E-state index in [1.54, 1.807) is 31.4 Å². The molecule has 0 aliphatic heterocycles. The Morgan fingerprint density at radius 1 is 1.32 bits per heavy atom. The predicted octanol–water partition coefficient (Wildman–Crippen LogP) is 2.82. The Kier molecular flexibility index (Phi) is 6.75. The Hall–Kier alpha value is -2.18. The highest BCUT2D eigenvalue weighted by molar-refractivity contribution is 6.04. The third-order valence-corrected chi connectivity index (χ3v) is 2.84. The van der Waals surface area contributed by atoms with E-state index >= 15 is 0 Å². The minimum absolute atomic E-state index is 0. The Balaban J connectivity index is 0.00000242. The van der Waals surface area contributed by atoms with Crippen LogP contribution in [0.4, 0.5) is 5.69 Å². The number of rotatable bonds is 6. The largest absolute Gasteiger partial charge is 0.493 e. The molecule has 22 heavy (non-hydrogen) atoms. The van der Waals surface area contributed by atoms with Crippen molar-refractivity contribution in [3.8, 4) is 11.5 Å². The Labute approximate surface area is 135 Å². The molecule has 0 saturated heterocycles. The first kappa shape index (κ1) is 17.9. The number of nitrogens with two attached hydrogens (primary N) is 1. The van der Waals surface area contributed by atoms with Crippen molar-refractivity contribution < 1.29 is 18.7 Å². The van der Waals surface area contributed by atoms with Crippen LogP contribution in [0.15, 0.2) is 34.9 Å². The average Bonchev–Trinajstić information content (AvgIpc) is 2.98. The Bertz CT molecular complexity index is 628. The fourth-order valence-corrected chi connectivity index (χ4v) is 1.83. The lowest BCUT2D eigenvalue weighted by Crippen LogP contribution is -2.11. The van der Waals surface area contributed by atoms with E-state index in [4.69, 9.17) is 19.6 Å². The van der Waals surface area contributed by atoms with Crippen LogP contribution in [0.25, 0.3) is 0 Å². The quantitative estimate of drug-likeness (QED) is 0.852. The number of nitrogens with one attached hydrogen (secondary N) is 1. The van der Waals surface area contributed by atoms with Gasteiger partial charge in [0.25, 0.3) is 5.91 Å². The summed E-state index contributed by atoms with van der Waals surface area (Å²) in [6.07, 6.45) is 1.38. The van der Waals surface area contributed by atoms with Crippen LogP contribution in [-0.2, 0) is 6.54 Å². The van der Waals surface area contributed by atoms with Gasteiger partial charge >= 0.3 is 0 Å². The smallest absolute Gasteiger partial charge is 0.258 e. The molecule has 7 heteroatoms. The van der Waals surface area contributed by atoms with Crippen LogP contribution < -0.4 is 20.5 Å². The molecule has 0 unspecified atom stereocenters. The SMILES string of the molecule is CCOc1ccc(NC(=O)c2coc(CN)c2)cc1OC.Cl. The van der Waals surface area contributed by atoms with E-state index in [-0.39, 0.29) is 24.9 Å². The molecule has 6 nitrogen and oxygen atoms in total. The van der Waals surface area contributed by atoms with Crippen molar-refractivity contribution in [2.75, 3.05) is 19.0 Å². The van der Waals surface area contributed by atoms with Gasteiger partial charge in [0.2, 0.25) is 0 Å². The molecule has 0 bridgehead atoms. The number of ether oxygens (including phenoxy) is 2. The first-order valence-electron chi connectivity index (χ1n) is 6.57. The van der Waals surface area contributed by atoms with Crippen LogP contribution in [0.3, 0.4) is 0 Å². The maximum Gasteiger partial charge on any atom is 0.258 e. The first-order valence-corrected chi connectivity index (χ1v) is 6.57. The molecule has 0 aliphatic carbocycles. The number of anilines is 1. The minimum Gasteiger partial charge on any atom is -0.493 e. The summed E-state index contributed by atoms with van der Waals surface area (Å²) in [7, 11) is 1.55. The van der Waals surface area contributed by atoms with Gasteiger partial charge in [-0.15, -0.1) is 12.4 Å². The summed E-state index contributed by atoms with van der Waals surface area (Å²) in [5.41, 5.74) is 6.47. The Morgan fingerprint density at radius 2 is 2.09 bits per heavy atom. The molecule has 1 aromatic carbocycles. The van der Waals surface area contributed by atoms with Gasteiger partial charge in [0, 0.05) is 11.8 Å². The number of furan rings is 1. The minimum atomic E-state index is -0.273. The third kappa shape index (κ3) is 4.16. The molecule has 120 valence electrons. The van der Waals surface area contributed by atoms with Gasteiger partial charge in [0.15, 0.2) is 11.5 Å². The number of amides is 1. The number of halogens is 1. The second-order valence-corrected chi connectivity index (χ2v) is 4.26. The maximum absolute atomic E-state index is 12.1. The van der Waals surface area contributed by atoms with Crippen molar-refractivity contribution in [2.45, 2.75) is 13.5 Å². The zero-order valence-corrected chi connectivity index (χ0v) is 13.2. The molecule has 0 radical (unpaired) electrons. The van der Waals surface area contributed by atoms with Gasteiger partial charge in [-0.25, -0.2) is 0 Å². The maximum atomic E-state index is 12.1. The van der Waals surface area contributed by atoms with Crippen molar-refractivity contribution in [1.29, 1.82) is 0 Å². The Morgan fingerprint density at radius 3 is 2.68 bits per heavy atom. The summed E-state index contributed by atoms with van der Waals surface area (Å²) in [4.78, 5) is 12.1. The third-order valence-electron chi connectivity index (χ3n) is 2.84. The van der Waals surface area contributed by atoms with Crippen molar-refractivity contribution in [1.82, 2.24) is 0 Å². The number of hydrogen-bond acceptors (Lipinski definition) is 5. The van der Waals surface area contributed by atoms with E-state index < -0.39 is 0 Å². The monoisotopic (exact) mass is 326 g/mol. The van der Waals surface area contributed by atoms with Gasteiger partial charge < -0.3 is 24.9 Å². The van der Waals surface area contributed by atoms with Gasteiger partial charge in [0.1, 0.15) is 12.0 Å². The van der Waals surface area contributed by atoms with Gasteiger partial charge in [-0.05, 0) is 25.1 Å². The molecule has 1 amide bonds. The van der Waals surface area contributed by atoms with Crippen LogP contribution in [0.2, 0.25) is 0 Å². The van der Waals surface area contributed by atoms with Crippen LogP contribution in [0, 0.1) is 0 Å². The van der Waals surface area contributed by atoms with E-state index in [0.717, 1.165) is 0 Å². The predicted molar refractivity (Wildman–Crippen MR) is 86.0 cm³/mol. The lowest BCUT2D eigenvalue weighted by molar-refractivity contribution is 0.102. The van der Waals surface area contributed by atoms with Gasteiger partial charge in [-0.2, -0.15) is 0 Å². The lowest BCUT2D eigenvalue weighted by atomic mass is 10.2. The lowest BCUT2D eigenvalue weighted by Gasteiger charge is -2.11. The normalized spacial score (nSPS) is 9.77. The van der Waals surface area contributed by atoms with Crippen molar-refractivity contribution in [2.24, 2.45) is 5.73 Å². The molecule has 3 N–H and O–H groups in total. The van der Waals surface area contributed by atoms with Gasteiger partial charge in [0.05, 0.1) is 25.8 Å². The second-order valence-electron chi connectivity index (χ2n) is 4.26. The summed E-state index contributed by atoms with van der Waals surface area (Å²) in [5.74, 6) is 1.48. The van der Waals surface area contributed by atoms with Crippen molar-refractivity contribution in [3.63, 3.8) is 0 Å². The molecule has 0 aliphatic rings. The molecule has 0 atom stereocenters. The molecule has 2 rings (SSSR count). The molecule has 1 heterocycles. The van der Waals surface area contributed by atoms with Gasteiger partial charge in [-0.1, -0.05) is 0 Å². The first-order chi connectivity index (χ1) is 10.2. The molecule has 2 aromatic rings. The van der Waals surface area contributed by atoms with Crippen LogP contribution in [0.5, 0.6) is 11.5 Å². The van der Waals surface area contributed by atoms with Crippen LogP contribution >= 0.6 is 12.4 Å². The standard InChI is InChI=1S/C15H18N2O4.ClH/c1-3-20-13-5-4-11(7-14(13)19-2)17-15(18)10-6-12(8-16)21-9-10;/h4-7,9H,3,8,16H2,1-2H3,(H,17,18);1H. The topological polar surface area (TPSA) is 86.7 Å². The number of carbonyl (C=O) groups is 1. The van der Waals surface area contributed by atoms with Crippen LogP contribution in [0.1, 0.15) is 23.0 Å². The van der Waals surface area contributed by atoms with Gasteiger partial charge in [-0.3, -0.25) is 4.79 Å². The summed E-state index contributed by atoms with van der Waals surface area (Å²) in [6.45, 7) is 2.69. The molecular formula is C15H19ClN2O4. The highest BCUT2D eigenvalue weighted by Crippen LogP contribution is 2.30. The van der Waals surface area contributed by atoms with Crippen molar-refractivity contribution >= 4 is 24.0 Å². The van der Waals surface area contributed by atoms with E-state index in [1.807, 2.05) is 6.92 Å². The van der Waals surface area contributed by atoms with E-state index in [9.17, 15) is 4.79 Å². The number of benzene rings is 1. The van der Waals surface area contributed by atoms with Crippen molar-refractivity contribution in [3.05, 3.63) is 41.9 Å². The van der Waals surface area contributed by atoms with E-state index in [2.05, 4.69) is 5.32 Å². The number of carbonyl (C=O) groups excluding carboxylic acids is 1. The summed E-state index contributed by atoms with van der Waals surface area (Å²) < 4.78 is 15.8. The molecule has 1 aromatic heterocycles. The number of methoxy groups -OCH3 is 1. The highest BCUT2D eigenvalue weighted by atomic mass is 35.5. The summed E-state index contributed by atoms with van der Waals surface area (Å²) in [5, 5.41) is 2.76. The zero-order chi connectivity index (χ0) is 15.2. The highest BCUT2D eigenvalue weighted by Gasteiger charge is 2.12. The van der Waals surface area contributed by atoms with E-state index in [0.29, 0.717) is 35.1 Å². The fourth-order valence-electron chi connectivity index (χ4n) is 1.83. The molecule has 0 fully saturated rings. The zero-order valence-electron chi connectivity index (χ0n) is 12.4. The molecular weight excluding hydrogens is 308 g/mol. The second kappa shape index (κ2) is 8.31. The number of hydrogen-bond donors (Lipinski definition) is 2. The van der Waals surface area contributed by atoms with Crippen LogP contribution in [-0.4, -0.2) is 19.6 Å². The molecule has 0 saturated carbocycles. The average molecular weight is 327 g/mol. The summed E-state index contributed by atoms with van der Waals surface area (Å²) in [6, 6.07) is 6.81. The van der Waals surface area contributed by atoms with E-state index in [1.165, 1.54) is 6.26 Å². The summed E-state index contributed by atoms with van der Waals surface area (Å²) >= 11 is 0. The molecule has 0 spiro atoms. The fraction of sp³-hybridized carbons (Fsp3) is 0.267.